The van der Waals surface area contributed by atoms with Gasteiger partial charge in [0.25, 0.3) is 0 Å². The van der Waals surface area contributed by atoms with Gasteiger partial charge in [-0.15, -0.1) is 10.2 Å². The molecule has 20 heavy (non-hydrogen) atoms. The zero-order valence-electron chi connectivity index (χ0n) is 9.92. The van der Waals surface area contributed by atoms with Gasteiger partial charge in [0, 0.05) is 6.20 Å². The molecule has 0 radical (unpaired) electrons. The van der Waals surface area contributed by atoms with Crippen LogP contribution < -0.4 is 0 Å². The van der Waals surface area contributed by atoms with Gasteiger partial charge in [0.15, 0.2) is 11.5 Å². The third kappa shape index (κ3) is 1.90. The molecule has 0 aliphatic carbocycles. The lowest BCUT2D eigenvalue weighted by molar-refractivity contribution is 0.0696. The van der Waals surface area contributed by atoms with Gasteiger partial charge in [-0.3, -0.25) is 4.40 Å². The fourth-order valence-corrected chi connectivity index (χ4v) is 2.15. The molecule has 0 aliphatic heterocycles. The molecule has 3 aromatic rings. The normalized spacial score (nSPS) is 10.9. The second kappa shape index (κ2) is 4.57. The Morgan fingerprint density at radius 3 is 2.75 bits per heavy atom. The van der Waals surface area contributed by atoms with E-state index in [1.165, 1.54) is 40.9 Å². The maximum absolute atomic E-state index is 13.9. The number of carboxylic acids is 1. The number of halogens is 2. The fourth-order valence-electron chi connectivity index (χ4n) is 1.90. The first-order valence-corrected chi connectivity index (χ1v) is 5.98. The second-order valence-corrected chi connectivity index (χ2v) is 4.48. The molecule has 0 spiro atoms. The highest BCUT2D eigenvalue weighted by molar-refractivity contribution is 6.33. The smallest absolute Gasteiger partial charge is 0.337 e. The van der Waals surface area contributed by atoms with Crippen LogP contribution in [0.5, 0.6) is 0 Å². The number of hydrogen-bond donors (Lipinski definition) is 1. The van der Waals surface area contributed by atoms with Crippen molar-refractivity contribution in [1.82, 2.24) is 14.6 Å². The van der Waals surface area contributed by atoms with Gasteiger partial charge in [0.1, 0.15) is 5.82 Å². The number of nitrogens with zero attached hydrogens (tertiary/aromatic N) is 3. The van der Waals surface area contributed by atoms with Gasteiger partial charge in [0.2, 0.25) is 0 Å². The maximum Gasteiger partial charge on any atom is 0.337 e. The molecule has 3 rings (SSSR count). The molecule has 1 N–H and O–H groups in total. The molecule has 0 saturated heterocycles. The van der Waals surface area contributed by atoms with Crippen LogP contribution in [0.4, 0.5) is 4.39 Å². The van der Waals surface area contributed by atoms with Crippen LogP contribution in [-0.4, -0.2) is 25.7 Å². The van der Waals surface area contributed by atoms with Crippen LogP contribution in [0.3, 0.4) is 0 Å². The van der Waals surface area contributed by atoms with Gasteiger partial charge in [-0.1, -0.05) is 17.7 Å². The number of aromatic carboxylic acids is 1. The largest absolute Gasteiger partial charge is 0.478 e. The van der Waals surface area contributed by atoms with Crippen LogP contribution in [0.25, 0.3) is 17.0 Å². The lowest BCUT2D eigenvalue weighted by atomic mass is 10.2. The molecule has 100 valence electrons. The summed E-state index contributed by atoms with van der Waals surface area (Å²) < 4.78 is 15.3. The number of fused-ring (bicyclic) bond motifs is 1. The minimum Gasteiger partial charge on any atom is -0.478 e. The van der Waals surface area contributed by atoms with Gasteiger partial charge in [-0.2, -0.15) is 0 Å². The molecular formula is C13H7ClFN3O2. The second-order valence-electron chi connectivity index (χ2n) is 4.07. The van der Waals surface area contributed by atoms with E-state index in [1.54, 1.807) is 0 Å². The minimum atomic E-state index is -1.09. The van der Waals surface area contributed by atoms with Crippen molar-refractivity contribution in [3.63, 3.8) is 0 Å². The summed E-state index contributed by atoms with van der Waals surface area (Å²) in [6.07, 6.45) is 1.33. The molecule has 5 nitrogen and oxygen atoms in total. The number of rotatable bonds is 2. The van der Waals surface area contributed by atoms with Crippen molar-refractivity contribution in [2.75, 3.05) is 0 Å². The third-order valence-electron chi connectivity index (χ3n) is 2.84. The monoisotopic (exact) mass is 291 g/mol. The first kappa shape index (κ1) is 12.6. The van der Waals surface area contributed by atoms with Crippen molar-refractivity contribution in [2.45, 2.75) is 0 Å². The van der Waals surface area contributed by atoms with Crippen molar-refractivity contribution in [2.24, 2.45) is 0 Å². The number of hydrogen-bond acceptors (Lipinski definition) is 3. The number of carbonyl (C=O) groups is 1. The van der Waals surface area contributed by atoms with Crippen LogP contribution in [0.15, 0.2) is 36.5 Å². The molecule has 0 bridgehead atoms. The van der Waals surface area contributed by atoms with Crippen molar-refractivity contribution in [3.8, 4) is 11.4 Å². The quantitative estimate of drug-likeness (QED) is 0.788. The Labute approximate surface area is 117 Å². The Balaban J connectivity index is 2.31. The predicted molar refractivity (Wildman–Crippen MR) is 70.4 cm³/mol. The van der Waals surface area contributed by atoms with E-state index in [4.69, 9.17) is 16.7 Å². The molecule has 0 atom stereocenters. The highest BCUT2D eigenvalue weighted by atomic mass is 35.5. The number of aromatic nitrogens is 3. The summed E-state index contributed by atoms with van der Waals surface area (Å²) in [6, 6.07) is 7.16. The fraction of sp³-hybridized carbons (Fsp3) is 0. The topological polar surface area (TPSA) is 67.5 Å². The highest BCUT2D eigenvalue weighted by Gasteiger charge is 2.17. The van der Waals surface area contributed by atoms with Crippen molar-refractivity contribution in [3.05, 3.63) is 52.9 Å². The van der Waals surface area contributed by atoms with Crippen molar-refractivity contribution >= 4 is 23.2 Å². The van der Waals surface area contributed by atoms with E-state index in [9.17, 15) is 9.18 Å². The minimum absolute atomic E-state index is 0.0472. The van der Waals surface area contributed by atoms with E-state index in [-0.39, 0.29) is 22.0 Å². The highest BCUT2D eigenvalue weighted by Crippen LogP contribution is 2.29. The summed E-state index contributed by atoms with van der Waals surface area (Å²) in [5, 5.41) is 16.9. The summed E-state index contributed by atoms with van der Waals surface area (Å²) in [5.74, 6) is -1.48. The van der Waals surface area contributed by atoms with Crippen LogP contribution >= 0.6 is 11.6 Å². The van der Waals surface area contributed by atoms with Gasteiger partial charge >= 0.3 is 5.97 Å². The SMILES string of the molecule is O=C(O)c1ccc2nnc(-c3c(F)cccc3Cl)n2c1. The first-order valence-electron chi connectivity index (χ1n) is 5.60. The Morgan fingerprint density at radius 1 is 1.25 bits per heavy atom. The predicted octanol–water partition coefficient (Wildman–Crippen LogP) is 2.89. The number of carboxylic acid groups (broad SMARTS) is 1. The Hall–Kier alpha value is -2.47. The van der Waals surface area contributed by atoms with Gasteiger partial charge < -0.3 is 5.11 Å². The molecule has 7 heteroatoms. The molecule has 1 aromatic carbocycles. The average molecular weight is 292 g/mol. The zero-order chi connectivity index (χ0) is 14.3. The third-order valence-corrected chi connectivity index (χ3v) is 3.15. The van der Waals surface area contributed by atoms with E-state index < -0.39 is 11.8 Å². The Morgan fingerprint density at radius 2 is 2.05 bits per heavy atom. The van der Waals surface area contributed by atoms with E-state index >= 15 is 0 Å². The van der Waals surface area contributed by atoms with E-state index in [0.29, 0.717) is 5.65 Å². The summed E-state index contributed by atoms with van der Waals surface area (Å²) in [7, 11) is 0. The Bertz CT molecular complexity index is 811. The molecule has 0 saturated carbocycles. The van der Waals surface area contributed by atoms with Gasteiger partial charge in [0.05, 0.1) is 16.1 Å². The molecular weight excluding hydrogens is 285 g/mol. The summed E-state index contributed by atoms with van der Waals surface area (Å²) in [6.45, 7) is 0. The standard InChI is InChI=1S/C13H7ClFN3O2/c14-8-2-1-3-9(15)11(8)12-17-16-10-5-4-7(13(19)20)6-18(10)12/h1-6H,(H,19,20). The van der Waals surface area contributed by atoms with Crippen molar-refractivity contribution in [1.29, 1.82) is 0 Å². The number of benzene rings is 1. The average Bonchev–Trinajstić information content (AvgIpc) is 2.81. The van der Waals surface area contributed by atoms with Crippen LogP contribution in [-0.2, 0) is 0 Å². The molecule has 2 aromatic heterocycles. The van der Waals surface area contributed by atoms with Crippen molar-refractivity contribution < 1.29 is 14.3 Å². The Kier molecular flexibility index (Phi) is 2.87. The zero-order valence-corrected chi connectivity index (χ0v) is 10.7. The lowest BCUT2D eigenvalue weighted by Crippen LogP contribution is -2.00. The molecule has 0 amide bonds. The van der Waals surface area contributed by atoms with E-state index in [1.807, 2.05) is 0 Å². The van der Waals surface area contributed by atoms with E-state index in [2.05, 4.69) is 10.2 Å². The van der Waals surface area contributed by atoms with Crippen LogP contribution in [0, 0.1) is 5.82 Å². The lowest BCUT2D eigenvalue weighted by Gasteiger charge is -2.04. The summed E-state index contributed by atoms with van der Waals surface area (Å²) in [5.41, 5.74) is 0.541. The molecule has 0 aliphatic rings. The molecule has 0 fully saturated rings. The van der Waals surface area contributed by atoms with Crippen LogP contribution in [0.2, 0.25) is 5.02 Å². The van der Waals surface area contributed by atoms with Crippen LogP contribution in [0.1, 0.15) is 10.4 Å². The summed E-state index contributed by atoms with van der Waals surface area (Å²) in [4.78, 5) is 11.0. The maximum atomic E-state index is 13.9. The first-order chi connectivity index (χ1) is 9.58. The van der Waals surface area contributed by atoms with Gasteiger partial charge in [-0.05, 0) is 24.3 Å². The van der Waals surface area contributed by atoms with E-state index in [0.717, 1.165) is 0 Å². The van der Waals surface area contributed by atoms with Gasteiger partial charge in [-0.25, -0.2) is 9.18 Å². The molecule has 0 unspecified atom stereocenters. The summed E-state index contributed by atoms with van der Waals surface area (Å²) >= 11 is 5.99. The number of pyridine rings is 1. The molecule has 2 heterocycles.